The minimum Gasteiger partial charge on any atom is -1.00 e. The second-order valence-corrected chi connectivity index (χ2v) is 14.5. The number of halogens is 3. The Kier molecular flexibility index (Phi) is 14.7. The molecule has 5 heteroatoms. The van der Waals surface area contributed by atoms with Gasteiger partial charge in [0.2, 0.25) is 0 Å². The fraction of sp³-hybridized carbons (Fsp3) is 0.333. The van der Waals surface area contributed by atoms with Gasteiger partial charge in [0.05, 0.1) is 8.07 Å². The molecule has 3 aromatic rings. The minimum absolute atomic E-state index is 0. The van der Waals surface area contributed by atoms with Crippen molar-refractivity contribution >= 4 is 23.6 Å². The van der Waals surface area contributed by atoms with E-state index in [4.69, 9.17) is 0 Å². The van der Waals surface area contributed by atoms with E-state index in [1.165, 1.54) is 54.5 Å². The maximum Gasteiger partial charge on any atom is 4.00 e. The van der Waals surface area contributed by atoms with Gasteiger partial charge in [-0.2, -0.15) is 6.08 Å². The molecule has 0 radical (unpaired) electrons. The van der Waals surface area contributed by atoms with Crippen LogP contribution in [0.5, 0.6) is 0 Å². The van der Waals surface area contributed by atoms with Gasteiger partial charge in [-0.25, -0.2) is 10.8 Å². The van der Waals surface area contributed by atoms with Gasteiger partial charge in [-0.1, -0.05) is 136 Å². The molecular weight excluding hydrogens is 579 g/mol. The molecule has 0 saturated carbocycles. The minimum atomic E-state index is -2.54. The van der Waals surface area contributed by atoms with Crippen molar-refractivity contribution in [3.63, 3.8) is 0 Å². The summed E-state index contributed by atoms with van der Waals surface area (Å²) in [6, 6.07) is 21.8. The van der Waals surface area contributed by atoms with E-state index in [-0.39, 0.29) is 58.9 Å². The van der Waals surface area contributed by atoms with E-state index >= 15 is 0 Å². The van der Waals surface area contributed by atoms with Gasteiger partial charge in [0.15, 0.2) is 0 Å². The molecule has 1 atom stereocenters. The molecule has 0 bridgehead atoms. The van der Waals surface area contributed by atoms with E-state index in [1.54, 1.807) is 5.20 Å². The van der Waals surface area contributed by atoms with Crippen molar-refractivity contribution in [3.05, 3.63) is 111 Å². The summed E-state index contributed by atoms with van der Waals surface area (Å²) in [7, 11) is -2.54. The van der Waals surface area contributed by atoms with Crippen LogP contribution in [0.1, 0.15) is 60.1 Å². The van der Waals surface area contributed by atoms with Crippen LogP contribution >= 0.6 is 0 Å². The Morgan fingerprint density at radius 1 is 0.632 bits per heavy atom. The number of rotatable bonds is 6. The molecule has 38 heavy (non-hydrogen) atoms. The van der Waals surface area contributed by atoms with Crippen LogP contribution in [0.25, 0.3) is 0 Å². The predicted octanol–water partition coefficient (Wildman–Crippen LogP) is -2.34. The van der Waals surface area contributed by atoms with Crippen molar-refractivity contribution in [3.8, 4) is 0 Å². The van der Waals surface area contributed by atoms with Gasteiger partial charge in [0, 0.05) is 0 Å². The summed E-state index contributed by atoms with van der Waals surface area (Å²) in [5.74, 6) is 0.503. The van der Waals surface area contributed by atoms with Crippen LogP contribution in [0.2, 0.25) is 0 Å². The van der Waals surface area contributed by atoms with Gasteiger partial charge >= 0.3 is 21.7 Å². The maximum absolute atomic E-state index is 3.75. The summed E-state index contributed by atoms with van der Waals surface area (Å²) in [5, 5.41) is 6.15. The fourth-order valence-corrected chi connectivity index (χ4v) is 11.9. The molecule has 0 aromatic heterocycles. The zero-order chi connectivity index (χ0) is 24.6. The summed E-state index contributed by atoms with van der Waals surface area (Å²) >= 11 is 0. The normalized spacial score (nSPS) is 13.2. The average Bonchev–Trinajstić information content (AvgIpc) is 3.22. The van der Waals surface area contributed by atoms with E-state index in [1.807, 2.05) is 0 Å². The molecule has 200 valence electrons. The smallest absolute Gasteiger partial charge is 1.00 e. The van der Waals surface area contributed by atoms with Crippen molar-refractivity contribution in [2.24, 2.45) is 5.92 Å². The third kappa shape index (κ3) is 7.17. The van der Waals surface area contributed by atoms with Gasteiger partial charge in [-0.05, 0) is 41.5 Å². The Morgan fingerprint density at radius 3 is 1.24 bits per heavy atom. The molecule has 0 nitrogen and oxygen atoms in total. The zero-order valence-corrected chi connectivity index (χ0v) is 28.7. The third-order valence-electron chi connectivity index (χ3n) is 7.41. The molecule has 1 unspecified atom stereocenters. The molecular formula is C33H39Cl3SiTi. The topological polar surface area (TPSA) is 0 Å². The molecule has 1 aliphatic rings. The van der Waals surface area contributed by atoms with Gasteiger partial charge in [0.1, 0.15) is 0 Å². The standard InChI is InChI=1S/C33H39Si.3ClH.Ti/c1-9-28(8)32-11-10-12-33(32)34(29-16-22(2)13-23(3)17-29,30-18-24(4)14-25(5)19-30)31-20-26(6)15-27(7)21-31;;;;/h10,13-21,28H,9,12H2,1-8H3;3*1H;/q-1;;;;+4/p-3. The van der Waals surface area contributed by atoms with Crippen LogP contribution in [0, 0.1) is 53.5 Å². The molecule has 0 N–H and O–H groups in total. The van der Waals surface area contributed by atoms with E-state index in [9.17, 15) is 0 Å². The molecule has 0 saturated heterocycles. The fourth-order valence-electron chi connectivity index (χ4n) is 6.06. The van der Waals surface area contributed by atoms with Crippen molar-refractivity contribution in [1.29, 1.82) is 0 Å². The van der Waals surface area contributed by atoms with Crippen LogP contribution in [0.4, 0.5) is 0 Å². The number of hydrogen-bond acceptors (Lipinski definition) is 0. The second kappa shape index (κ2) is 15.1. The van der Waals surface area contributed by atoms with Crippen LogP contribution in [0.15, 0.2) is 71.4 Å². The summed E-state index contributed by atoms with van der Waals surface area (Å²) < 4.78 is 0. The van der Waals surface area contributed by atoms with Crippen LogP contribution < -0.4 is 52.8 Å². The third-order valence-corrected chi connectivity index (χ3v) is 12.3. The summed E-state index contributed by atoms with van der Waals surface area (Å²) in [5.41, 5.74) is 9.54. The van der Waals surface area contributed by atoms with Crippen LogP contribution in [-0.2, 0) is 21.7 Å². The number of benzene rings is 3. The molecule has 0 aliphatic heterocycles. The molecule has 1 aliphatic carbocycles. The molecule has 0 heterocycles. The average molecular weight is 618 g/mol. The Hall–Kier alpha value is -1.06. The molecule has 0 amide bonds. The Labute approximate surface area is 265 Å². The molecule has 0 fully saturated rings. The first-order valence-corrected chi connectivity index (χ1v) is 14.7. The summed E-state index contributed by atoms with van der Waals surface area (Å²) in [4.78, 5) is 0. The first kappa shape index (κ1) is 36.9. The second-order valence-electron chi connectivity index (χ2n) is 10.6. The summed E-state index contributed by atoms with van der Waals surface area (Å²) in [6.45, 7) is 18.2. The van der Waals surface area contributed by atoms with E-state index < -0.39 is 8.07 Å². The van der Waals surface area contributed by atoms with Crippen LogP contribution in [0.3, 0.4) is 0 Å². The molecule has 4 rings (SSSR count). The first-order valence-electron chi connectivity index (χ1n) is 12.7. The van der Waals surface area contributed by atoms with Crippen LogP contribution in [-0.4, -0.2) is 8.07 Å². The largest absolute Gasteiger partial charge is 4.00 e. The Balaban J connectivity index is 0.00000342. The maximum atomic E-state index is 3.75. The molecule has 3 aromatic carbocycles. The Bertz CT molecular complexity index is 1120. The van der Waals surface area contributed by atoms with Gasteiger partial charge in [-0.15, -0.1) is 0 Å². The van der Waals surface area contributed by atoms with Crippen molar-refractivity contribution < 1.29 is 58.9 Å². The number of allylic oxidation sites excluding steroid dienone is 4. The summed E-state index contributed by atoms with van der Waals surface area (Å²) in [6.07, 6.45) is 8.18. The van der Waals surface area contributed by atoms with Gasteiger partial charge < -0.3 is 37.2 Å². The van der Waals surface area contributed by atoms with Gasteiger partial charge in [-0.3, -0.25) is 6.08 Å². The van der Waals surface area contributed by atoms with E-state index in [0.717, 1.165) is 12.8 Å². The number of aryl methyl sites for hydroxylation is 6. The van der Waals surface area contributed by atoms with Crippen molar-refractivity contribution in [2.75, 3.05) is 0 Å². The van der Waals surface area contributed by atoms with E-state index in [0.29, 0.717) is 5.92 Å². The first-order chi connectivity index (χ1) is 16.1. The Morgan fingerprint density at radius 2 is 0.947 bits per heavy atom. The SMILES string of the molecule is CCC(C)C1=C([Si](c2cc(C)cc(C)c2)(c2cc(C)cc(C)c2)c2cc(C)cc(C)c2)CC=[C-]1.[Cl-].[Cl-].[Cl-].[Ti+4]. The number of hydrogen-bond donors (Lipinski definition) is 0. The van der Waals surface area contributed by atoms with Crippen molar-refractivity contribution in [1.82, 2.24) is 0 Å². The monoisotopic (exact) mass is 616 g/mol. The van der Waals surface area contributed by atoms with Crippen molar-refractivity contribution in [2.45, 2.75) is 68.2 Å². The zero-order valence-electron chi connectivity index (χ0n) is 23.9. The predicted molar refractivity (Wildman–Crippen MR) is 151 cm³/mol. The molecule has 0 spiro atoms. The quantitative estimate of drug-likeness (QED) is 0.165. The van der Waals surface area contributed by atoms with Gasteiger partial charge in [0.25, 0.3) is 0 Å². The van der Waals surface area contributed by atoms with E-state index in [2.05, 4.69) is 122 Å².